The van der Waals surface area contributed by atoms with Crippen molar-refractivity contribution in [2.24, 2.45) is 10.9 Å². The molecule has 0 atom stereocenters. The Morgan fingerprint density at radius 2 is 2.14 bits per heavy atom. The molecule has 0 unspecified atom stereocenters. The van der Waals surface area contributed by atoms with E-state index in [0.29, 0.717) is 5.92 Å². The molecule has 2 heterocycles. The number of halogens is 1. The minimum atomic E-state index is -0.202. The number of likely N-dealkylation sites (tertiary alicyclic amines) is 1. The predicted molar refractivity (Wildman–Crippen MR) is 112 cm³/mol. The highest BCUT2D eigenvalue weighted by Crippen LogP contribution is 2.19. The number of fused-ring (bicyclic) bond motifs is 1. The minimum Gasteiger partial charge on any atom is -0.383 e. The quantitative estimate of drug-likeness (QED) is 0.479. The van der Waals surface area contributed by atoms with Crippen molar-refractivity contribution in [2.75, 3.05) is 53.5 Å². The van der Waals surface area contributed by atoms with Crippen LogP contribution in [-0.4, -0.2) is 69.3 Å². The predicted octanol–water partition coefficient (Wildman–Crippen LogP) is 2.37. The summed E-state index contributed by atoms with van der Waals surface area (Å²) in [6, 6.07) is 4.85. The van der Waals surface area contributed by atoms with Crippen LogP contribution in [0.4, 0.5) is 4.39 Å². The van der Waals surface area contributed by atoms with Crippen LogP contribution in [0.1, 0.15) is 18.4 Å². The Bertz CT molecular complexity index is 767. The number of aliphatic imine (C=N–C) groups is 1. The third kappa shape index (κ3) is 5.69. The number of hydrogen-bond donors (Lipinski definition) is 3. The maximum atomic E-state index is 13.5. The van der Waals surface area contributed by atoms with Gasteiger partial charge in [0, 0.05) is 50.9 Å². The van der Waals surface area contributed by atoms with Crippen molar-refractivity contribution in [2.45, 2.75) is 19.3 Å². The van der Waals surface area contributed by atoms with Gasteiger partial charge >= 0.3 is 0 Å². The number of ether oxygens (including phenoxy) is 1. The minimum absolute atomic E-state index is 0.202. The van der Waals surface area contributed by atoms with Gasteiger partial charge < -0.3 is 25.3 Å². The molecule has 7 heteroatoms. The number of guanidine groups is 1. The first-order chi connectivity index (χ1) is 13.7. The molecule has 0 bridgehead atoms. The van der Waals surface area contributed by atoms with Crippen LogP contribution in [0.15, 0.2) is 29.4 Å². The first-order valence-electron chi connectivity index (χ1n) is 10.1. The lowest BCUT2D eigenvalue weighted by Crippen LogP contribution is -2.43. The molecule has 0 radical (unpaired) electrons. The fraction of sp³-hybridized carbons (Fsp3) is 0.571. The molecule has 0 spiro atoms. The van der Waals surface area contributed by atoms with Crippen LogP contribution in [0.2, 0.25) is 0 Å². The molecule has 3 rings (SSSR count). The molecular weight excluding hydrogens is 357 g/mol. The Kier molecular flexibility index (Phi) is 7.68. The molecule has 0 amide bonds. The van der Waals surface area contributed by atoms with E-state index in [-0.39, 0.29) is 5.82 Å². The molecule has 1 aliphatic rings. The van der Waals surface area contributed by atoms with E-state index in [2.05, 4.69) is 25.5 Å². The van der Waals surface area contributed by atoms with Crippen molar-refractivity contribution in [3.05, 3.63) is 35.8 Å². The largest absolute Gasteiger partial charge is 0.383 e. The average Bonchev–Trinajstić information content (AvgIpc) is 3.11. The summed E-state index contributed by atoms with van der Waals surface area (Å²) in [6.07, 6.45) is 5.17. The molecule has 154 valence electrons. The molecule has 6 nitrogen and oxygen atoms in total. The van der Waals surface area contributed by atoms with E-state index in [4.69, 9.17) is 4.74 Å². The van der Waals surface area contributed by atoms with Crippen LogP contribution in [-0.2, 0) is 11.2 Å². The summed E-state index contributed by atoms with van der Waals surface area (Å²) in [5.41, 5.74) is 2.08. The number of methoxy groups -OCH3 is 1. The topological polar surface area (TPSA) is 64.7 Å². The van der Waals surface area contributed by atoms with E-state index < -0.39 is 0 Å². The van der Waals surface area contributed by atoms with Gasteiger partial charge in [0.05, 0.1) is 6.61 Å². The SMILES string of the molecule is CN=C(NCCc1c[nH]c2ccc(F)cc12)NCC1CCN(CCOC)CC1. The second-order valence-corrected chi connectivity index (χ2v) is 7.41. The number of aromatic amines is 1. The summed E-state index contributed by atoms with van der Waals surface area (Å²) in [5, 5.41) is 7.77. The van der Waals surface area contributed by atoms with E-state index in [1.54, 1.807) is 26.3 Å². The third-order valence-electron chi connectivity index (χ3n) is 5.52. The highest BCUT2D eigenvalue weighted by atomic mass is 19.1. The van der Waals surface area contributed by atoms with Gasteiger partial charge in [0.25, 0.3) is 0 Å². The maximum Gasteiger partial charge on any atom is 0.190 e. The van der Waals surface area contributed by atoms with Crippen molar-refractivity contribution >= 4 is 16.9 Å². The summed E-state index contributed by atoms with van der Waals surface area (Å²) < 4.78 is 18.7. The molecule has 1 aromatic heterocycles. The lowest BCUT2D eigenvalue weighted by atomic mass is 9.97. The molecule has 28 heavy (non-hydrogen) atoms. The summed E-state index contributed by atoms with van der Waals surface area (Å²) in [7, 11) is 3.55. The van der Waals surface area contributed by atoms with Gasteiger partial charge in [-0.1, -0.05) is 0 Å². The van der Waals surface area contributed by atoms with E-state index in [1.165, 1.54) is 18.9 Å². The summed E-state index contributed by atoms with van der Waals surface area (Å²) in [4.78, 5) is 9.99. The van der Waals surface area contributed by atoms with Crippen LogP contribution in [0.25, 0.3) is 10.9 Å². The molecular formula is C21H32FN5O. The Labute approximate surface area is 166 Å². The number of nitrogens with one attached hydrogen (secondary N) is 3. The van der Waals surface area contributed by atoms with Crippen LogP contribution < -0.4 is 10.6 Å². The maximum absolute atomic E-state index is 13.5. The normalized spacial score (nSPS) is 16.6. The van der Waals surface area contributed by atoms with Crippen molar-refractivity contribution < 1.29 is 9.13 Å². The number of aromatic nitrogens is 1. The fourth-order valence-electron chi connectivity index (χ4n) is 3.77. The fourth-order valence-corrected chi connectivity index (χ4v) is 3.77. The van der Waals surface area contributed by atoms with E-state index >= 15 is 0 Å². The smallest absolute Gasteiger partial charge is 0.190 e. The zero-order chi connectivity index (χ0) is 19.8. The van der Waals surface area contributed by atoms with Gasteiger partial charge in [0.2, 0.25) is 0 Å². The van der Waals surface area contributed by atoms with Gasteiger partial charge in [-0.3, -0.25) is 4.99 Å². The molecule has 3 N–H and O–H groups in total. The lowest BCUT2D eigenvalue weighted by Gasteiger charge is -2.32. The third-order valence-corrected chi connectivity index (χ3v) is 5.52. The number of hydrogen-bond acceptors (Lipinski definition) is 3. The van der Waals surface area contributed by atoms with Crippen LogP contribution in [0.3, 0.4) is 0 Å². The van der Waals surface area contributed by atoms with Crippen molar-refractivity contribution in [1.29, 1.82) is 0 Å². The van der Waals surface area contributed by atoms with Gasteiger partial charge in [0.1, 0.15) is 5.82 Å². The lowest BCUT2D eigenvalue weighted by molar-refractivity contribution is 0.121. The Hall–Kier alpha value is -2.12. The first-order valence-corrected chi connectivity index (χ1v) is 10.1. The Balaban J connectivity index is 1.39. The average molecular weight is 390 g/mol. The van der Waals surface area contributed by atoms with Gasteiger partial charge in [-0.05, 0) is 62.0 Å². The molecule has 1 aliphatic heterocycles. The number of piperidine rings is 1. The molecule has 1 fully saturated rings. The van der Waals surface area contributed by atoms with Gasteiger partial charge in [0.15, 0.2) is 5.96 Å². The molecule has 1 saturated heterocycles. The first kappa shape index (κ1) is 20.6. The zero-order valence-electron chi connectivity index (χ0n) is 16.9. The van der Waals surface area contributed by atoms with Gasteiger partial charge in [-0.2, -0.15) is 0 Å². The highest BCUT2D eigenvalue weighted by Gasteiger charge is 2.19. The molecule has 2 aromatic rings. The van der Waals surface area contributed by atoms with Crippen molar-refractivity contribution in [3.8, 4) is 0 Å². The molecule has 0 aliphatic carbocycles. The molecule has 1 aromatic carbocycles. The van der Waals surface area contributed by atoms with Crippen molar-refractivity contribution in [1.82, 2.24) is 20.5 Å². The number of benzene rings is 1. The highest BCUT2D eigenvalue weighted by molar-refractivity contribution is 5.83. The second kappa shape index (κ2) is 10.4. The van der Waals surface area contributed by atoms with Crippen LogP contribution in [0.5, 0.6) is 0 Å². The van der Waals surface area contributed by atoms with E-state index in [1.807, 2.05) is 6.20 Å². The van der Waals surface area contributed by atoms with Crippen LogP contribution >= 0.6 is 0 Å². The van der Waals surface area contributed by atoms with Gasteiger partial charge in [-0.25, -0.2) is 4.39 Å². The summed E-state index contributed by atoms with van der Waals surface area (Å²) >= 11 is 0. The second-order valence-electron chi connectivity index (χ2n) is 7.41. The van der Waals surface area contributed by atoms with E-state index in [0.717, 1.165) is 68.2 Å². The van der Waals surface area contributed by atoms with Gasteiger partial charge in [-0.15, -0.1) is 0 Å². The number of H-pyrrole nitrogens is 1. The number of rotatable bonds is 8. The number of nitrogens with zero attached hydrogens (tertiary/aromatic N) is 2. The Morgan fingerprint density at radius 3 is 2.89 bits per heavy atom. The van der Waals surface area contributed by atoms with Crippen LogP contribution in [0, 0.1) is 11.7 Å². The monoisotopic (exact) mass is 389 g/mol. The summed E-state index contributed by atoms with van der Waals surface area (Å²) in [5.74, 6) is 1.30. The standard InChI is InChI=1S/C21H32FN5O/c1-23-21(26-14-16-6-9-27(10-7-16)11-12-28-2)24-8-5-17-15-25-20-4-3-18(22)13-19(17)20/h3-4,13,15-16,25H,5-12,14H2,1-2H3,(H2,23,24,26). The van der Waals surface area contributed by atoms with E-state index in [9.17, 15) is 4.39 Å². The van der Waals surface area contributed by atoms with Crippen molar-refractivity contribution in [3.63, 3.8) is 0 Å². The Morgan fingerprint density at radius 1 is 1.32 bits per heavy atom. The molecule has 0 saturated carbocycles. The zero-order valence-corrected chi connectivity index (χ0v) is 16.9. The summed E-state index contributed by atoms with van der Waals surface area (Å²) in [6.45, 7) is 5.80.